The largest absolute Gasteiger partial charge is 0.474 e. The smallest absolute Gasteiger partial charge is 0.394 e. The van der Waals surface area contributed by atoms with E-state index in [9.17, 15) is 4.79 Å². The Balaban J connectivity index is 2.18. The van der Waals surface area contributed by atoms with Crippen molar-refractivity contribution in [2.75, 3.05) is 0 Å². The Bertz CT molecular complexity index is 749. The van der Waals surface area contributed by atoms with Gasteiger partial charge >= 0.3 is 11.9 Å². The monoisotopic (exact) mass is 264 g/mol. The molecule has 0 radical (unpaired) electrons. The van der Waals surface area contributed by atoms with Crippen molar-refractivity contribution in [3.05, 3.63) is 29.4 Å². The molecule has 0 atom stereocenters. The first kappa shape index (κ1) is 10.7. The molecular weight excluding hydrogens is 260 g/mol. The van der Waals surface area contributed by atoms with Crippen LogP contribution in [0.1, 0.15) is 10.7 Å². The second kappa shape index (κ2) is 3.81. The Labute approximate surface area is 104 Å². The molecule has 0 saturated heterocycles. The molecule has 0 aliphatic rings. The number of nitrogens with one attached hydrogen (secondary N) is 1. The maximum atomic E-state index is 10.7. The highest BCUT2D eigenvalue weighted by Crippen LogP contribution is 2.30. The lowest BCUT2D eigenvalue weighted by Gasteiger charge is -1.99. The molecule has 7 nitrogen and oxygen atoms in total. The summed E-state index contributed by atoms with van der Waals surface area (Å²) in [5.41, 5.74) is 1.05. The highest BCUT2D eigenvalue weighted by molar-refractivity contribution is 6.37. The average molecular weight is 265 g/mol. The SMILES string of the molecule is O=C(O)c1nc(-c2cnc3[nH]ccc3c2Cl)no1. The number of carboxylic acid groups (broad SMARTS) is 1. The number of aromatic nitrogens is 4. The summed E-state index contributed by atoms with van der Waals surface area (Å²) < 4.78 is 4.57. The first-order chi connectivity index (χ1) is 8.66. The number of hydrogen-bond acceptors (Lipinski definition) is 5. The molecule has 0 aliphatic carbocycles. The summed E-state index contributed by atoms with van der Waals surface area (Å²) in [6.45, 7) is 0. The summed E-state index contributed by atoms with van der Waals surface area (Å²) in [6.07, 6.45) is 3.16. The van der Waals surface area contributed by atoms with Crippen LogP contribution in [0.25, 0.3) is 22.4 Å². The molecule has 0 spiro atoms. The maximum absolute atomic E-state index is 10.7. The van der Waals surface area contributed by atoms with E-state index in [-0.39, 0.29) is 5.82 Å². The summed E-state index contributed by atoms with van der Waals surface area (Å²) in [7, 11) is 0. The van der Waals surface area contributed by atoms with E-state index >= 15 is 0 Å². The van der Waals surface area contributed by atoms with Crippen LogP contribution in [0.2, 0.25) is 5.02 Å². The van der Waals surface area contributed by atoms with Gasteiger partial charge in [-0.3, -0.25) is 0 Å². The van der Waals surface area contributed by atoms with Gasteiger partial charge in [-0.05, 0) is 6.07 Å². The Morgan fingerprint density at radius 3 is 3.06 bits per heavy atom. The van der Waals surface area contributed by atoms with E-state index in [4.69, 9.17) is 16.7 Å². The van der Waals surface area contributed by atoms with Crippen molar-refractivity contribution in [3.8, 4) is 11.4 Å². The molecule has 3 aromatic rings. The van der Waals surface area contributed by atoms with Crippen LogP contribution >= 0.6 is 11.6 Å². The fraction of sp³-hybridized carbons (Fsp3) is 0. The summed E-state index contributed by atoms with van der Waals surface area (Å²) in [5.74, 6) is -1.69. The zero-order valence-electron chi connectivity index (χ0n) is 8.72. The molecule has 3 rings (SSSR count). The van der Waals surface area contributed by atoms with Crippen molar-refractivity contribution < 1.29 is 14.4 Å². The number of carbonyl (C=O) groups is 1. The second-order valence-corrected chi connectivity index (χ2v) is 3.83. The van der Waals surface area contributed by atoms with Crippen LogP contribution in [0.3, 0.4) is 0 Å². The number of carboxylic acids is 1. The fourth-order valence-corrected chi connectivity index (χ4v) is 1.84. The number of hydrogen-bond donors (Lipinski definition) is 2. The van der Waals surface area contributed by atoms with Crippen LogP contribution in [-0.4, -0.2) is 31.2 Å². The van der Waals surface area contributed by atoms with Crippen LogP contribution in [0, 0.1) is 0 Å². The Morgan fingerprint density at radius 1 is 1.50 bits per heavy atom. The van der Waals surface area contributed by atoms with Gasteiger partial charge in [-0.25, -0.2) is 9.78 Å². The number of pyridine rings is 1. The van der Waals surface area contributed by atoms with E-state index in [2.05, 4.69) is 24.6 Å². The standard InChI is InChI=1S/C10H5ClN4O3/c11-6-4-1-2-12-7(4)13-3-5(6)8-14-9(10(16)17)18-15-8/h1-3H,(H,12,13)(H,16,17). The molecule has 0 bridgehead atoms. The number of nitrogens with zero attached hydrogens (tertiary/aromatic N) is 3. The zero-order chi connectivity index (χ0) is 12.7. The molecule has 0 saturated carbocycles. The predicted octanol–water partition coefficient (Wildman–Crippen LogP) is 1.96. The van der Waals surface area contributed by atoms with Gasteiger partial charge in [0.25, 0.3) is 0 Å². The quantitative estimate of drug-likeness (QED) is 0.733. The first-order valence-corrected chi connectivity index (χ1v) is 5.23. The average Bonchev–Trinajstić information content (AvgIpc) is 2.97. The van der Waals surface area contributed by atoms with Gasteiger partial charge in [-0.15, -0.1) is 0 Å². The van der Waals surface area contributed by atoms with Crippen molar-refractivity contribution in [3.63, 3.8) is 0 Å². The molecular formula is C10H5ClN4O3. The minimum Gasteiger partial charge on any atom is -0.474 e. The third-order valence-electron chi connectivity index (χ3n) is 2.37. The van der Waals surface area contributed by atoms with E-state index in [1.54, 1.807) is 12.3 Å². The van der Waals surface area contributed by atoms with Crippen LogP contribution in [0.4, 0.5) is 0 Å². The van der Waals surface area contributed by atoms with Gasteiger partial charge in [0.15, 0.2) is 0 Å². The van der Waals surface area contributed by atoms with Gasteiger partial charge in [0, 0.05) is 17.8 Å². The molecule has 8 heteroatoms. The highest BCUT2D eigenvalue weighted by Gasteiger charge is 2.18. The lowest BCUT2D eigenvalue weighted by Crippen LogP contribution is -1.95. The summed E-state index contributed by atoms with van der Waals surface area (Å²) in [4.78, 5) is 21.4. The van der Waals surface area contributed by atoms with Crippen molar-refractivity contribution in [2.24, 2.45) is 0 Å². The van der Waals surface area contributed by atoms with E-state index in [0.29, 0.717) is 21.6 Å². The molecule has 0 aromatic carbocycles. The number of aromatic amines is 1. The topological polar surface area (TPSA) is 105 Å². The molecule has 0 amide bonds. The van der Waals surface area contributed by atoms with Gasteiger partial charge in [0.2, 0.25) is 5.82 Å². The third kappa shape index (κ3) is 1.52. The van der Waals surface area contributed by atoms with E-state index in [1.807, 2.05) is 0 Å². The molecule has 3 aromatic heterocycles. The molecule has 2 N–H and O–H groups in total. The minimum absolute atomic E-state index is 0.0907. The van der Waals surface area contributed by atoms with Crippen molar-refractivity contribution in [1.82, 2.24) is 20.1 Å². The van der Waals surface area contributed by atoms with Crippen LogP contribution < -0.4 is 0 Å². The number of fused-ring (bicyclic) bond motifs is 1. The molecule has 0 aliphatic heterocycles. The van der Waals surface area contributed by atoms with Crippen molar-refractivity contribution >= 4 is 28.6 Å². The summed E-state index contributed by atoms with van der Waals surface area (Å²) in [5, 5.41) is 13.4. The summed E-state index contributed by atoms with van der Waals surface area (Å²) >= 11 is 6.18. The molecule has 0 fully saturated rings. The van der Waals surface area contributed by atoms with Gasteiger partial charge in [-0.1, -0.05) is 16.8 Å². The van der Waals surface area contributed by atoms with Gasteiger partial charge in [0.1, 0.15) is 5.65 Å². The lowest BCUT2D eigenvalue weighted by atomic mass is 10.2. The number of aromatic carboxylic acids is 1. The number of halogens is 1. The van der Waals surface area contributed by atoms with Crippen LogP contribution in [0.5, 0.6) is 0 Å². The molecule has 0 unspecified atom stereocenters. The third-order valence-corrected chi connectivity index (χ3v) is 2.78. The van der Waals surface area contributed by atoms with Crippen LogP contribution in [0.15, 0.2) is 23.0 Å². The normalized spacial score (nSPS) is 10.9. The molecule has 90 valence electrons. The minimum atomic E-state index is -1.29. The Hall–Kier alpha value is -2.41. The fourth-order valence-electron chi connectivity index (χ4n) is 1.55. The van der Waals surface area contributed by atoms with E-state index in [1.165, 1.54) is 6.20 Å². The molecule has 3 heterocycles. The molecule has 18 heavy (non-hydrogen) atoms. The van der Waals surface area contributed by atoms with Crippen molar-refractivity contribution in [2.45, 2.75) is 0 Å². The van der Waals surface area contributed by atoms with Gasteiger partial charge in [-0.2, -0.15) is 4.98 Å². The lowest BCUT2D eigenvalue weighted by molar-refractivity contribution is 0.0643. The maximum Gasteiger partial charge on any atom is 0.394 e. The zero-order valence-corrected chi connectivity index (χ0v) is 9.47. The highest BCUT2D eigenvalue weighted by atomic mass is 35.5. The number of rotatable bonds is 2. The van der Waals surface area contributed by atoms with Crippen LogP contribution in [-0.2, 0) is 0 Å². The van der Waals surface area contributed by atoms with E-state index < -0.39 is 11.9 Å². The predicted molar refractivity (Wildman–Crippen MR) is 61.4 cm³/mol. The Kier molecular flexibility index (Phi) is 2.27. The Morgan fingerprint density at radius 2 is 2.33 bits per heavy atom. The van der Waals surface area contributed by atoms with Gasteiger partial charge < -0.3 is 14.6 Å². The van der Waals surface area contributed by atoms with Gasteiger partial charge in [0.05, 0.1) is 10.6 Å². The second-order valence-electron chi connectivity index (χ2n) is 3.45. The van der Waals surface area contributed by atoms with E-state index in [0.717, 1.165) is 0 Å². The first-order valence-electron chi connectivity index (χ1n) is 4.86. The van der Waals surface area contributed by atoms with Crippen molar-refractivity contribution in [1.29, 1.82) is 0 Å². The number of H-pyrrole nitrogens is 1. The summed E-state index contributed by atoms with van der Waals surface area (Å²) in [6, 6.07) is 1.76.